The van der Waals surface area contributed by atoms with Crippen molar-refractivity contribution in [3.63, 3.8) is 0 Å². The van der Waals surface area contributed by atoms with E-state index in [1.54, 1.807) is 5.54 Å². The smallest absolute Gasteiger partial charge is 0.0125 e. The fourth-order valence-electron chi connectivity index (χ4n) is 0.435. The van der Waals surface area contributed by atoms with E-state index in [0.717, 1.165) is 12.3 Å². The van der Waals surface area contributed by atoms with Crippen LogP contribution in [-0.2, 0) is 0 Å². The first-order valence-electron chi connectivity index (χ1n) is 3.25. The van der Waals surface area contributed by atoms with E-state index in [9.17, 15) is 0 Å². The van der Waals surface area contributed by atoms with Crippen molar-refractivity contribution in [2.45, 2.75) is 0 Å². The summed E-state index contributed by atoms with van der Waals surface area (Å²) >= 11 is 7.23. The quantitative estimate of drug-likeness (QED) is 0.595. The number of hydrogen-bond acceptors (Lipinski definition) is 2. The van der Waals surface area contributed by atoms with Gasteiger partial charge in [0.05, 0.1) is 0 Å². The number of rotatable bonds is 5. The zero-order valence-corrected chi connectivity index (χ0v) is 8.08. The van der Waals surface area contributed by atoms with Gasteiger partial charge in [0.2, 0.25) is 0 Å². The molecule has 3 heteroatoms. The summed E-state index contributed by atoms with van der Waals surface area (Å²) < 4.78 is 0. The first kappa shape index (κ1) is 10.3. The highest BCUT2D eigenvalue weighted by Gasteiger charge is 1.87. The highest BCUT2D eigenvalue weighted by Crippen LogP contribution is 2.00. The van der Waals surface area contributed by atoms with Crippen LogP contribution in [0, 0.1) is 0 Å². The Morgan fingerprint density at radius 1 is 1.50 bits per heavy atom. The van der Waals surface area contributed by atoms with Crippen molar-refractivity contribution < 1.29 is 0 Å². The predicted molar refractivity (Wildman–Crippen MR) is 50.9 cm³/mol. The third-order valence-electron chi connectivity index (χ3n) is 0.986. The van der Waals surface area contributed by atoms with Crippen molar-refractivity contribution in [2.75, 3.05) is 32.1 Å². The summed E-state index contributed by atoms with van der Waals surface area (Å²) in [5.74, 6) is 2.20. The molecule has 0 aromatic heterocycles. The molecule has 1 nitrogen and oxygen atoms in total. The maximum Gasteiger partial charge on any atom is 0.0125 e. The average Bonchev–Trinajstić information content (AvgIpc) is 1.87. The molecule has 0 rings (SSSR count). The van der Waals surface area contributed by atoms with E-state index in [-0.39, 0.29) is 0 Å². The number of hydrogen-bond donors (Lipinski definition) is 0. The van der Waals surface area contributed by atoms with Crippen LogP contribution in [0.1, 0.15) is 0 Å². The Labute approximate surface area is 72.4 Å². The van der Waals surface area contributed by atoms with E-state index in [1.807, 2.05) is 17.8 Å². The van der Waals surface area contributed by atoms with Crippen LogP contribution >= 0.6 is 23.4 Å². The van der Waals surface area contributed by atoms with Crippen LogP contribution in [0.5, 0.6) is 0 Å². The topological polar surface area (TPSA) is 3.24 Å². The summed E-state index contributed by atoms with van der Waals surface area (Å²) in [6, 6.07) is 0. The largest absolute Gasteiger partial charge is 0.309 e. The Bertz CT molecular complexity index is 93.6. The molecule has 0 aliphatic heterocycles. The monoisotopic (exact) mass is 179 g/mol. The summed E-state index contributed by atoms with van der Waals surface area (Å²) in [6.45, 7) is 1.14. The standard InChI is InChI=1S/C7H14ClNS/c1-9(2)5-7-10-6-3-4-8/h3-4H,5-7H2,1-2H3/b4-3+. The number of thioether (sulfide) groups is 1. The molecular weight excluding hydrogens is 166 g/mol. The molecule has 0 saturated heterocycles. The first-order chi connectivity index (χ1) is 4.77. The third-order valence-corrected chi connectivity index (χ3v) is 2.06. The molecule has 0 amide bonds. The van der Waals surface area contributed by atoms with Gasteiger partial charge in [-0.05, 0) is 14.1 Å². The van der Waals surface area contributed by atoms with Gasteiger partial charge in [-0.25, -0.2) is 0 Å². The van der Waals surface area contributed by atoms with E-state index in [0.29, 0.717) is 0 Å². The molecule has 0 spiro atoms. The van der Waals surface area contributed by atoms with Gasteiger partial charge in [0.25, 0.3) is 0 Å². The maximum absolute atomic E-state index is 5.34. The number of halogens is 1. The Morgan fingerprint density at radius 3 is 2.70 bits per heavy atom. The van der Waals surface area contributed by atoms with Gasteiger partial charge in [-0.2, -0.15) is 11.8 Å². The van der Waals surface area contributed by atoms with Crippen molar-refractivity contribution in [2.24, 2.45) is 0 Å². The van der Waals surface area contributed by atoms with Gasteiger partial charge in [-0.3, -0.25) is 0 Å². The predicted octanol–water partition coefficient (Wildman–Crippen LogP) is 2.03. The second-order valence-electron chi connectivity index (χ2n) is 2.24. The summed E-state index contributed by atoms with van der Waals surface area (Å²) in [5, 5.41) is 0. The SMILES string of the molecule is CN(C)CCSC/C=C/Cl. The summed E-state index contributed by atoms with van der Waals surface area (Å²) in [4.78, 5) is 2.18. The van der Waals surface area contributed by atoms with Crippen LogP contribution in [0.15, 0.2) is 11.6 Å². The Morgan fingerprint density at radius 2 is 2.20 bits per heavy atom. The molecule has 0 saturated carbocycles. The average molecular weight is 180 g/mol. The van der Waals surface area contributed by atoms with Gasteiger partial charge >= 0.3 is 0 Å². The zero-order chi connectivity index (χ0) is 7.82. The fourth-order valence-corrected chi connectivity index (χ4v) is 1.52. The minimum atomic E-state index is 1.03. The van der Waals surface area contributed by atoms with Gasteiger partial charge < -0.3 is 4.90 Å². The van der Waals surface area contributed by atoms with E-state index < -0.39 is 0 Å². The molecule has 0 aliphatic carbocycles. The van der Waals surface area contributed by atoms with Gasteiger partial charge in [0.15, 0.2) is 0 Å². The van der Waals surface area contributed by atoms with Crippen LogP contribution in [0.25, 0.3) is 0 Å². The molecule has 0 N–H and O–H groups in total. The van der Waals surface area contributed by atoms with Gasteiger partial charge in [0, 0.05) is 23.6 Å². The Balaban J connectivity index is 2.91. The third kappa shape index (κ3) is 8.34. The molecule has 0 aliphatic rings. The molecule has 0 aromatic rings. The normalized spacial score (nSPS) is 11.6. The van der Waals surface area contributed by atoms with Crippen LogP contribution < -0.4 is 0 Å². The van der Waals surface area contributed by atoms with Gasteiger partial charge in [-0.15, -0.1) is 0 Å². The van der Waals surface area contributed by atoms with Gasteiger partial charge in [-0.1, -0.05) is 17.7 Å². The molecular formula is C7H14ClNS. The minimum Gasteiger partial charge on any atom is -0.309 e. The lowest BCUT2D eigenvalue weighted by molar-refractivity contribution is 0.437. The lowest BCUT2D eigenvalue weighted by Gasteiger charge is -2.06. The van der Waals surface area contributed by atoms with E-state index >= 15 is 0 Å². The molecule has 0 radical (unpaired) electrons. The molecule has 0 unspecified atom stereocenters. The summed E-state index contributed by atoms with van der Waals surface area (Å²) in [5.41, 5.74) is 1.57. The van der Waals surface area contributed by atoms with E-state index in [2.05, 4.69) is 19.0 Å². The molecule has 0 aromatic carbocycles. The van der Waals surface area contributed by atoms with Crippen molar-refractivity contribution >= 4 is 23.4 Å². The highest BCUT2D eigenvalue weighted by atomic mass is 35.5. The Kier molecular flexibility index (Phi) is 7.70. The van der Waals surface area contributed by atoms with Crippen molar-refractivity contribution in [1.29, 1.82) is 0 Å². The van der Waals surface area contributed by atoms with Crippen molar-refractivity contribution in [1.82, 2.24) is 4.90 Å². The van der Waals surface area contributed by atoms with Crippen molar-refractivity contribution in [3.8, 4) is 0 Å². The fraction of sp³-hybridized carbons (Fsp3) is 0.714. The lowest BCUT2D eigenvalue weighted by atomic mass is 10.7. The van der Waals surface area contributed by atoms with Crippen molar-refractivity contribution in [3.05, 3.63) is 11.6 Å². The van der Waals surface area contributed by atoms with E-state index in [1.165, 1.54) is 5.75 Å². The van der Waals surface area contributed by atoms with Gasteiger partial charge in [0.1, 0.15) is 0 Å². The first-order valence-corrected chi connectivity index (χ1v) is 4.84. The van der Waals surface area contributed by atoms with E-state index in [4.69, 9.17) is 11.6 Å². The van der Waals surface area contributed by atoms with Crippen LogP contribution in [-0.4, -0.2) is 37.0 Å². The zero-order valence-electron chi connectivity index (χ0n) is 6.51. The molecule has 60 valence electrons. The number of nitrogens with zero attached hydrogens (tertiary/aromatic N) is 1. The second kappa shape index (κ2) is 7.45. The molecule has 0 atom stereocenters. The highest BCUT2D eigenvalue weighted by molar-refractivity contribution is 7.99. The van der Waals surface area contributed by atoms with Crippen LogP contribution in [0.4, 0.5) is 0 Å². The lowest BCUT2D eigenvalue weighted by Crippen LogP contribution is -2.14. The summed E-state index contributed by atoms with van der Waals surface area (Å²) in [6.07, 6.45) is 1.96. The maximum atomic E-state index is 5.34. The summed E-state index contributed by atoms with van der Waals surface area (Å²) in [7, 11) is 4.16. The molecule has 0 bridgehead atoms. The van der Waals surface area contributed by atoms with Crippen LogP contribution in [0.3, 0.4) is 0 Å². The minimum absolute atomic E-state index is 1.03. The molecule has 0 fully saturated rings. The van der Waals surface area contributed by atoms with Crippen LogP contribution in [0.2, 0.25) is 0 Å². The molecule has 0 heterocycles. The Hall–Kier alpha value is 0.340. The second-order valence-corrected chi connectivity index (χ2v) is 3.64. The molecule has 10 heavy (non-hydrogen) atoms.